The van der Waals surface area contributed by atoms with Crippen molar-refractivity contribution in [1.82, 2.24) is 10.3 Å². The molecule has 1 aliphatic carbocycles. The van der Waals surface area contributed by atoms with Crippen LogP contribution in [0.5, 0.6) is 0 Å². The molecule has 0 aliphatic heterocycles. The minimum Gasteiger partial charge on any atom is -0.361 e. The Morgan fingerprint density at radius 1 is 1.33 bits per heavy atom. The number of aromatic nitrogens is 1. The summed E-state index contributed by atoms with van der Waals surface area (Å²) < 4.78 is 0. The van der Waals surface area contributed by atoms with Gasteiger partial charge in [0.2, 0.25) is 0 Å². The van der Waals surface area contributed by atoms with Crippen LogP contribution in [-0.4, -0.2) is 17.6 Å². The van der Waals surface area contributed by atoms with Crippen LogP contribution in [0.1, 0.15) is 31.7 Å². The monoisotopic (exact) mass is 242 g/mol. The lowest BCUT2D eigenvalue weighted by atomic mass is 10.1. The maximum Gasteiger partial charge on any atom is 0.0456 e. The zero-order valence-electron chi connectivity index (χ0n) is 11.1. The second kappa shape index (κ2) is 5.15. The van der Waals surface area contributed by atoms with E-state index in [-0.39, 0.29) is 0 Å². The third-order valence-corrected chi connectivity index (χ3v) is 4.11. The highest BCUT2D eigenvalue weighted by atomic mass is 14.9. The zero-order valence-corrected chi connectivity index (χ0v) is 11.1. The molecule has 1 atom stereocenters. The molecule has 0 radical (unpaired) electrons. The molecule has 1 fully saturated rings. The Morgan fingerprint density at radius 3 is 2.94 bits per heavy atom. The highest BCUT2D eigenvalue weighted by molar-refractivity contribution is 5.83. The normalized spacial score (nSPS) is 17.2. The molecule has 96 valence electrons. The quantitative estimate of drug-likeness (QED) is 0.797. The van der Waals surface area contributed by atoms with E-state index in [1.54, 1.807) is 0 Å². The van der Waals surface area contributed by atoms with Gasteiger partial charge in [-0.3, -0.25) is 0 Å². The molecule has 18 heavy (non-hydrogen) atoms. The summed E-state index contributed by atoms with van der Waals surface area (Å²) in [6.07, 6.45) is 7.40. The third-order valence-electron chi connectivity index (χ3n) is 4.11. The average molecular weight is 242 g/mol. The number of benzene rings is 1. The summed E-state index contributed by atoms with van der Waals surface area (Å²) in [6, 6.07) is 9.30. The Balaban J connectivity index is 1.59. The van der Waals surface area contributed by atoms with Crippen molar-refractivity contribution in [3.8, 4) is 0 Å². The van der Waals surface area contributed by atoms with Gasteiger partial charge in [0.15, 0.2) is 0 Å². The van der Waals surface area contributed by atoms with Crippen LogP contribution in [0.4, 0.5) is 0 Å². The summed E-state index contributed by atoms with van der Waals surface area (Å²) in [7, 11) is 0. The van der Waals surface area contributed by atoms with Crippen LogP contribution in [0.15, 0.2) is 30.5 Å². The molecule has 2 nitrogen and oxygen atoms in total. The molecule has 2 N–H and O–H groups in total. The van der Waals surface area contributed by atoms with Gasteiger partial charge < -0.3 is 10.3 Å². The summed E-state index contributed by atoms with van der Waals surface area (Å²) in [5, 5.41) is 5.09. The summed E-state index contributed by atoms with van der Waals surface area (Å²) in [5.41, 5.74) is 2.69. The van der Waals surface area contributed by atoms with Crippen LogP contribution < -0.4 is 5.32 Å². The Labute approximate surface area is 109 Å². The van der Waals surface area contributed by atoms with E-state index in [4.69, 9.17) is 0 Å². The van der Waals surface area contributed by atoms with Crippen LogP contribution in [-0.2, 0) is 6.42 Å². The number of H-pyrrole nitrogens is 1. The van der Waals surface area contributed by atoms with Crippen molar-refractivity contribution < 1.29 is 0 Å². The zero-order chi connectivity index (χ0) is 12.4. The van der Waals surface area contributed by atoms with Crippen molar-refractivity contribution in [1.29, 1.82) is 0 Å². The first kappa shape index (κ1) is 11.8. The average Bonchev–Trinajstić information content (AvgIpc) is 3.16. The van der Waals surface area contributed by atoms with Crippen molar-refractivity contribution in [2.75, 3.05) is 6.54 Å². The first-order chi connectivity index (χ1) is 8.88. The van der Waals surface area contributed by atoms with Crippen molar-refractivity contribution in [3.05, 3.63) is 36.0 Å². The van der Waals surface area contributed by atoms with Crippen LogP contribution in [0, 0.1) is 5.92 Å². The van der Waals surface area contributed by atoms with E-state index < -0.39 is 0 Å². The molecule has 3 rings (SSSR count). The van der Waals surface area contributed by atoms with Gasteiger partial charge in [-0.25, -0.2) is 0 Å². The molecule has 0 saturated heterocycles. The standard InChI is InChI=1S/C16H22N2/c1-2-15(12-7-8-12)17-10-9-13-11-18-16-6-4-3-5-14(13)16/h3-6,11-12,15,17-18H,2,7-10H2,1H3. The topological polar surface area (TPSA) is 27.8 Å². The lowest BCUT2D eigenvalue weighted by molar-refractivity contribution is 0.453. The minimum atomic E-state index is 0.746. The molecular weight excluding hydrogens is 220 g/mol. The molecule has 1 unspecified atom stereocenters. The van der Waals surface area contributed by atoms with Crippen LogP contribution in [0.25, 0.3) is 10.9 Å². The number of para-hydroxylation sites is 1. The Bertz CT molecular complexity index is 511. The van der Waals surface area contributed by atoms with Crippen molar-refractivity contribution in [3.63, 3.8) is 0 Å². The number of fused-ring (bicyclic) bond motifs is 1. The lowest BCUT2D eigenvalue weighted by Crippen LogP contribution is -2.32. The van der Waals surface area contributed by atoms with Gasteiger partial charge in [0.1, 0.15) is 0 Å². The predicted octanol–water partition coefficient (Wildman–Crippen LogP) is 3.49. The number of nitrogens with one attached hydrogen (secondary N) is 2. The maximum absolute atomic E-state index is 3.72. The van der Waals surface area contributed by atoms with E-state index in [1.165, 1.54) is 35.7 Å². The van der Waals surface area contributed by atoms with Gasteiger partial charge in [-0.2, -0.15) is 0 Å². The molecule has 0 spiro atoms. The first-order valence-electron chi connectivity index (χ1n) is 7.17. The highest BCUT2D eigenvalue weighted by Gasteiger charge is 2.29. The van der Waals surface area contributed by atoms with E-state index in [0.29, 0.717) is 0 Å². The molecule has 2 aromatic rings. The summed E-state index contributed by atoms with van der Waals surface area (Å²) >= 11 is 0. The summed E-state index contributed by atoms with van der Waals surface area (Å²) in [4.78, 5) is 3.35. The van der Waals surface area contributed by atoms with Gasteiger partial charge in [-0.05, 0) is 49.8 Å². The minimum absolute atomic E-state index is 0.746. The van der Waals surface area contributed by atoms with Crippen LogP contribution >= 0.6 is 0 Å². The van der Waals surface area contributed by atoms with E-state index in [2.05, 4.69) is 47.7 Å². The molecular formula is C16H22N2. The largest absolute Gasteiger partial charge is 0.361 e. The Hall–Kier alpha value is -1.28. The fourth-order valence-electron chi connectivity index (χ4n) is 2.87. The fraction of sp³-hybridized carbons (Fsp3) is 0.500. The van der Waals surface area contributed by atoms with Crippen molar-refractivity contribution >= 4 is 10.9 Å². The van der Waals surface area contributed by atoms with Gasteiger partial charge >= 0.3 is 0 Å². The Kier molecular flexibility index (Phi) is 3.37. The molecule has 1 aromatic heterocycles. The number of hydrogen-bond donors (Lipinski definition) is 2. The molecule has 0 bridgehead atoms. The number of rotatable bonds is 6. The van der Waals surface area contributed by atoms with E-state index in [0.717, 1.165) is 24.9 Å². The van der Waals surface area contributed by atoms with E-state index in [1.807, 2.05) is 0 Å². The smallest absolute Gasteiger partial charge is 0.0456 e. The van der Waals surface area contributed by atoms with Gasteiger partial charge in [0.05, 0.1) is 0 Å². The molecule has 1 aromatic carbocycles. The number of aromatic amines is 1. The van der Waals surface area contributed by atoms with Gasteiger partial charge in [0, 0.05) is 23.1 Å². The lowest BCUT2D eigenvalue weighted by Gasteiger charge is -2.15. The number of hydrogen-bond acceptors (Lipinski definition) is 1. The highest BCUT2D eigenvalue weighted by Crippen LogP contribution is 2.33. The summed E-state index contributed by atoms with van der Waals surface area (Å²) in [6.45, 7) is 3.39. The SMILES string of the molecule is CCC(NCCc1c[nH]c2ccccc12)C1CC1. The maximum atomic E-state index is 3.72. The molecule has 1 aliphatic rings. The van der Waals surface area contributed by atoms with E-state index >= 15 is 0 Å². The second-order valence-corrected chi connectivity index (χ2v) is 5.42. The second-order valence-electron chi connectivity index (χ2n) is 5.42. The third kappa shape index (κ3) is 2.44. The van der Waals surface area contributed by atoms with E-state index in [9.17, 15) is 0 Å². The fourth-order valence-corrected chi connectivity index (χ4v) is 2.87. The van der Waals surface area contributed by atoms with Crippen LogP contribution in [0.3, 0.4) is 0 Å². The molecule has 2 heteroatoms. The van der Waals surface area contributed by atoms with Gasteiger partial charge in [0.25, 0.3) is 0 Å². The Morgan fingerprint density at radius 2 is 2.17 bits per heavy atom. The van der Waals surface area contributed by atoms with Crippen molar-refractivity contribution in [2.45, 2.75) is 38.6 Å². The van der Waals surface area contributed by atoms with Gasteiger partial charge in [-0.15, -0.1) is 0 Å². The van der Waals surface area contributed by atoms with Crippen molar-refractivity contribution in [2.24, 2.45) is 5.92 Å². The molecule has 0 amide bonds. The first-order valence-corrected chi connectivity index (χ1v) is 7.17. The van der Waals surface area contributed by atoms with Gasteiger partial charge in [-0.1, -0.05) is 25.1 Å². The molecule has 1 saturated carbocycles. The van der Waals surface area contributed by atoms with Crippen LogP contribution in [0.2, 0.25) is 0 Å². The summed E-state index contributed by atoms with van der Waals surface area (Å²) in [5.74, 6) is 0.956. The predicted molar refractivity (Wildman–Crippen MR) is 76.8 cm³/mol. The molecule has 1 heterocycles.